The summed E-state index contributed by atoms with van der Waals surface area (Å²) >= 11 is 1.46. The van der Waals surface area contributed by atoms with E-state index in [-0.39, 0.29) is 5.41 Å². The Hall–Kier alpha value is -0.960. The largest absolute Gasteiger partial charge is 0.138 e. The SMILES string of the molecule is CC(C)(C)c1ccc2nnsc2c1. The summed E-state index contributed by atoms with van der Waals surface area (Å²) in [4.78, 5) is 0. The lowest BCUT2D eigenvalue weighted by Gasteiger charge is -2.18. The molecule has 0 bridgehead atoms. The maximum absolute atomic E-state index is 4.01. The molecule has 0 saturated carbocycles. The predicted molar refractivity (Wildman–Crippen MR) is 56.1 cm³/mol. The average molecular weight is 192 g/mol. The summed E-state index contributed by atoms with van der Waals surface area (Å²) in [5, 5.41) is 4.01. The molecule has 0 radical (unpaired) electrons. The van der Waals surface area contributed by atoms with Crippen molar-refractivity contribution in [2.45, 2.75) is 26.2 Å². The van der Waals surface area contributed by atoms with Gasteiger partial charge < -0.3 is 0 Å². The van der Waals surface area contributed by atoms with Gasteiger partial charge in [0.2, 0.25) is 0 Å². The highest BCUT2D eigenvalue weighted by Gasteiger charge is 2.14. The van der Waals surface area contributed by atoms with Crippen molar-refractivity contribution in [1.82, 2.24) is 9.59 Å². The molecular weight excluding hydrogens is 180 g/mol. The molecule has 0 atom stereocenters. The van der Waals surface area contributed by atoms with Crippen molar-refractivity contribution in [3.63, 3.8) is 0 Å². The maximum Gasteiger partial charge on any atom is 0.105 e. The zero-order valence-electron chi connectivity index (χ0n) is 8.03. The Labute approximate surface area is 81.8 Å². The zero-order chi connectivity index (χ0) is 9.47. The van der Waals surface area contributed by atoms with Gasteiger partial charge in [0.15, 0.2) is 0 Å². The lowest BCUT2D eigenvalue weighted by molar-refractivity contribution is 0.591. The minimum atomic E-state index is 0.207. The first-order valence-corrected chi connectivity index (χ1v) is 5.07. The van der Waals surface area contributed by atoms with Crippen LogP contribution in [0.5, 0.6) is 0 Å². The van der Waals surface area contributed by atoms with Crippen molar-refractivity contribution in [2.75, 3.05) is 0 Å². The van der Waals surface area contributed by atoms with Gasteiger partial charge in [-0.1, -0.05) is 31.3 Å². The topological polar surface area (TPSA) is 25.8 Å². The summed E-state index contributed by atoms with van der Waals surface area (Å²) in [7, 11) is 0. The molecule has 0 unspecified atom stereocenters. The molecule has 3 heteroatoms. The van der Waals surface area contributed by atoms with Gasteiger partial charge in [-0.25, -0.2) is 0 Å². The van der Waals surface area contributed by atoms with E-state index in [1.54, 1.807) is 0 Å². The summed E-state index contributed by atoms with van der Waals surface area (Å²) in [6.45, 7) is 6.63. The Kier molecular flexibility index (Phi) is 1.84. The number of hydrogen-bond donors (Lipinski definition) is 0. The first kappa shape index (κ1) is 8.63. The fourth-order valence-corrected chi connectivity index (χ4v) is 1.84. The van der Waals surface area contributed by atoms with Crippen LogP contribution in [0.15, 0.2) is 18.2 Å². The second-order valence-corrected chi connectivity index (χ2v) is 4.99. The molecule has 0 spiro atoms. The summed E-state index contributed by atoms with van der Waals surface area (Å²) in [5.41, 5.74) is 2.54. The number of nitrogens with zero attached hydrogens (tertiary/aromatic N) is 2. The highest BCUT2D eigenvalue weighted by Crippen LogP contribution is 2.26. The molecule has 68 valence electrons. The molecule has 1 heterocycles. The Bertz CT molecular complexity index is 426. The Morgan fingerprint density at radius 3 is 2.69 bits per heavy atom. The third kappa shape index (κ3) is 1.56. The van der Waals surface area contributed by atoms with Crippen molar-refractivity contribution >= 4 is 21.7 Å². The van der Waals surface area contributed by atoms with Crippen molar-refractivity contribution in [3.8, 4) is 0 Å². The lowest BCUT2D eigenvalue weighted by Crippen LogP contribution is -2.10. The predicted octanol–water partition coefficient (Wildman–Crippen LogP) is 2.99. The monoisotopic (exact) mass is 192 g/mol. The molecule has 13 heavy (non-hydrogen) atoms. The molecule has 0 fully saturated rings. The molecule has 0 aliphatic rings. The minimum absolute atomic E-state index is 0.207. The highest BCUT2D eigenvalue weighted by atomic mass is 32.1. The van der Waals surface area contributed by atoms with Crippen LogP contribution in [0.1, 0.15) is 26.3 Å². The summed E-state index contributed by atoms with van der Waals surface area (Å²) < 4.78 is 5.09. The van der Waals surface area contributed by atoms with Crippen LogP contribution in [0.2, 0.25) is 0 Å². The molecular formula is C10H12N2S. The number of hydrogen-bond acceptors (Lipinski definition) is 3. The van der Waals surface area contributed by atoms with E-state index in [0.717, 1.165) is 5.52 Å². The fraction of sp³-hybridized carbons (Fsp3) is 0.400. The standard InChI is InChI=1S/C10H12N2S/c1-10(2,3)7-4-5-8-9(6-7)13-12-11-8/h4-6H,1-3H3. The van der Waals surface area contributed by atoms with E-state index < -0.39 is 0 Å². The van der Waals surface area contributed by atoms with E-state index in [1.165, 1.54) is 21.8 Å². The van der Waals surface area contributed by atoms with Gasteiger partial charge in [-0.05, 0) is 34.6 Å². The van der Waals surface area contributed by atoms with Crippen molar-refractivity contribution < 1.29 is 0 Å². The minimum Gasteiger partial charge on any atom is -0.138 e. The number of benzene rings is 1. The van der Waals surface area contributed by atoms with Gasteiger partial charge in [-0.3, -0.25) is 0 Å². The van der Waals surface area contributed by atoms with Gasteiger partial charge in [-0.2, -0.15) is 0 Å². The first-order valence-electron chi connectivity index (χ1n) is 4.30. The maximum atomic E-state index is 4.01. The molecule has 0 aliphatic heterocycles. The third-order valence-electron chi connectivity index (χ3n) is 2.11. The van der Waals surface area contributed by atoms with E-state index in [1.807, 2.05) is 6.07 Å². The van der Waals surface area contributed by atoms with Gasteiger partial charge >= 0.3 is 0 Å². The lowest BCUT2D eigenvalue weighted by atomic mass is 9.87. The number of aromatic nitrogens is 2. The van der Waals surface area contributed by atoms with E-state index in [2.05, 4.69) is 42.5 Å². The van der Waals surface area contributed by atoms with E-state index in [0.29, 0.717) is 0 Å². The van der Waals surface area contributed by atoms with Crippen molar-refractivity contribution in [2.24, 2.45) is 0 Å². The quantitative estimate of drug-likeness (QED) is 0.641. The highest BCUT2D eigenvalue weighted by molar-refractivity contribution is 7.12. The molecule has 0 N–H and O–H groups in total. The van der Waals surface area contributed by atoms with Crippen LogP contribution in [0.4, 0.5) is 0 Å². The van der Waals surface area contributed by atoms with Crippen molar-refractivity contribution in [3.05, 3.63) is 23.8 Å². The second-order valence-electron chi connectivity index (χ2n) is 4.21. The summed E-state index contributed by atoms with van der Waals surface area (Å²) in [6, 6.07) is 6.35. The van der Waals surface area contributed by atoms with Crippen LogP contribution < -0.4 is 0 Å². The van der Waals surface area contributed by atoms with E-state index >= 15 is 0 Å². The van der Waals surface area contributed by atoms with E-state index in [9.17, 15) is 0 Å². The van der Waals surface area contributed by atoms with Crippen LogP contribution in [-0.4, -0.2) is 9.59 Å². The van der Waals surface area contributed by atoms with Gasteiger partial charge in [0.1, 0.15) is 5.52 Å². The average Bonchev–Trinajstić information content (AvgIpc) is 2.47. The molecule has 0 aliphatic carbocycles. The van der Waals surface area contributed by atoms with Crippen molar-refractivity contribution in [1.29, 1.82) is 0 Å². The Morgan fingerprint density at radius 2 is 2.00 bits per heavy atom. The Balaban J connectivity index is 2.61. The summed E-state index contributed by atoms with van der Waals surface area (Å²) in [5.74, 6) is 0. The van der Waals surface area contributed by atoms with Gasteiger partial charge in [0.05, 0.1) is 4.70 Å². The van der Waals surface area contributed by atoms with Crippen LogP contribution in [0.3, 0.4) is 0 Å². The van der Waals surface area contributed by atoms with E-state index in [4.69, 9.17) is 0 Å². The zero-order valence-corrected chi connectivity index (χ0v) is 8.85. The molecule has 1 aromatic carbocycles. The molecule has 2 rings (SSSR count). The van der Waals surface area contributed by atoms with Gasteiger partial charge in [-0.15, -0.1) is 5.10 Å². The molecule has 0 saturated heterocycles. The second kappa shape index (κ2) is 2.77. The molecule has 0 amide bonds. The van der Waals surface area contributed by atoms with Crippen LogP contribution in [0, 0.1) is 0 Å². The number of rotatable bonds is 0. The summed E-state index contributed by atoms with van der Waals surface area (Å²) in [6.07, 6.45) is 0. The van der Waals surface area contributed by atoms with Crippen LogP contribution >= 0.6 is 11.5 Å². The third-order valence-corrected chi connectivity index (χ3v) is 2.80. The van der Waals surface area contributed by atoms with Gasteiger partial charge in [0.25, 0.3) is 0 Å². The number of fused-ring (bicyclic) bond motifs is 1. The Morgan fingerprint density at radius 1 is 1.23 bits per heavy atom. The van der Waals surface area contributed by atoms with Crippen LogP contribution in [0.25, 0.3) is 10.2 Å². The van der Waals surface area contributed by atoms with Crippen LogP contribution in [-0.2, 0) is 5.41 Å². The van der Waals surface area contributed by atoms with Gasteiger partial charge in [0, 0.05) is 0 Å². The molecule has 2 aromatic rings. The fourth-order valence-electron chi connectivity index (χ4n) is 1.24. The molecule has 2 nitrogen and oxygen atoms in total. The smallest absolute Gasteiger partial charge is 0.105 e. The molecule has 1 aromatic heterocycles. The first-order chi connectivity index (χ1) is 6.07. The normalized spacial score (nSPS) is 12.2.